The number of piperazine rings is 1. The van der Waals surface area contributed by atoms with Crippen molar-refractivity contribution in [2.24, 2.45) is 0 Å². The standard InChI is InChI=1S/C31H29ClN4O3/c1-31(21-8-11-24(39-2)12-9-21)29(37)28-26(35-15-13-33-14-16-35)17-22(32)18-27(28)36(30(31)38)19-23-10-7-20-5-3-4-6-25(20)34-23/h3-12,17-18,33H,13-16,19H2,1-2H3. The highest BCUT2D eigenvalue weighted by molar-refractivity contribution is 6.34. The quantitative estimate of drug-likeness (QED) is 0.359. The maximum absolute atomic E-state index is 14.5. The average molecular weight is 541 g/mol. The minimum Gasteiger partial charge on any atom is -0.497 e. The molecule has 1 fully saturated rings. The molecule has 1 saturated heterocycles. The summed E-state index contributed by atoms with van der Waals surface area (Å²) in [4.78, 5) is 37.6. The number of amides is 1. The third-order valence-electron chi connectivity index (χ3n) is 7.81. The number of benzene rings is 3. The number of aromatic nitrogens is 1. The van der Waals surface area contributed by atoms with Gasteiger partial charge >= 0.3 is 0 Å². The van der Waals surface area contributed by atoms with E-state index >= 15 is 0 Å². The molecule has 2 aliphatic heterocycles. The Hall–Kier alpha value is -3.94. The van der Waals surface area contributed by atoms with Crippen LogP contribution in [0.25, 0.3) is 10.9 Å². The number of anilines is 2. The topological polar surface area (TPSA) is 74.8 Å². The molecule has 39 heavy (non-hydrogen) atoms. The number of pyridine rings is 1. The van der Waals surface area contributed by atoms with Gasteiger partial charge in [0.05, 0.1) is 41.8 Å². The SMILES string of the molecule is COc1ccc(C2(C)C(=O)c3c(N4CCNCC4)cc(Cl)cc3N(Cc3ccc4ccccc4n3)C2=O)cc1. The predicted molar refractivity (Wildman–Crippen MR) is 154 cm³/mol. The summed E-state index contributed by atoms with van der Waals surface area (Å²) < 4.78 is 5.33. The molecule has 8 heteroatoms. The van der Waals surface area contributed by atoms with Crippen LogP contribution in [-0.2, 0) is 16.8 Å². The Morgan fingerprint density at radius 2 is 1.69 bits per heavy atom. The number of nitrogens with one attached hydrogen (secondary N) is 1. The summed E-state index contributed by atoms with van der Waals surface area (Å²) in [5.41, 5.74) is 2.54. The molecule has 0 bridgehead atoms. The molecular weight excluding hydrogens is 512 g/mol. The minimum atomic E-state index is -1.44. The number of hydrogen-bond donors (Lipinski definition) is 1. The Kier molecular flexibility index (Phi) is 6.49. The van der Waals surface area contributed by atoms with Gasteiger partial charge in [0, 0.05) is 36.6 Å². The summed E-state index contributed by atoms with van der Waals surface area (Å²) in [6.07, 6.45) is 0. The number of hydrogen-bond acceptors (Lipinski definition) is 6. The van der Waals surface area contributed by atoms with Gasteiger partial charge in [0.25, 0.3) is 0 Å². The third-order valence-corrected chi connectivity index (χ3v) is 8.03. The van der Waals surface area contributed by atoms with Crippen LogP contribution in [0.15, 0.2) is 72.8 Å². The van der Waals surface area contributed by atoms with E-state index in [-0.39, 0.29) is 18.2 Å². The number of rotatable bonds is 5. The van der Waals surface area contributed by atoms with Crippen LogP contribution in [0.4, 0.5) is 11.4 Å². The van der Waals surface area contributed by atoms with Gasteiger partial charge in [-0.1, -0.05) is 48.0 Å². The van der Waals surface area contributed by atoms with E-state index in [4.69, 9.17) is 21.3 Å². The number of methoxy groups -OCH3 is 1. The number of fused-ring (bicyclic) bond motifs is 2. The molecule has 1 amide bonds. The first-order valence-electron chi connectivity index (χ1n) is 13.1. The second-order valence-electron chi connectivity index (χ2n) is 10.1. The molecular formula is C31H29ClN4O3. The molecule has 1 aromatic heterocycles. The molecule has 4 aromatic rings. The van der Waals surface area contributed by atoms with Crippen LogP contribution in [0.1, 0.15) is 28.5 Å². The van der Waals surface area contributed by atoms with Crippen molar-refractivity contribution in [3.05, 3.63) is 94.6 Å². The second kappa shape index (κ2) is 9.98. The number of nitrogens with zero attached hydrogens (tertiary/aromatic N) is 3. The highest BCUT2D eigenvalue weighted by Gasteiger charge is 2.52. The number of carbonyl (C=O) groups is 2. The van der Waals surface area contributed by atoms with Gasteiger partial charge in [0.1, 0.15) is 11.2 Å². The third kappa shape index (κ3) is 4.32. The lowest BCUT2D eigenvalue weighted by atomic mass is 9.71. The molecule has 0 radical (unpaired) electrons. The molecule has 1 atom stereocenters. The minimum absolute atomic E-state index is 0.205. The molecule has 3 heterocycles. The van der Waals surface area contributed by atoms with Crippen molar-refractivity contribution in [2.45, 2.75) is 18.9 Å². The Morgan fingerprint density at radius 3 is 2.44 bits per heavy atom. The zero-order chi connectivity index (χ0) is 27.1. The molecule has 198 valence electrons. The normalized spacial score (nSPS) is 19.4. The number of para-hydroxylation sites is 1. The summed E-state index contributed by atoms with van der Waals surface area (Å²) in [7, 11) is 1.59. The average Bonchev–Trinajstić information content (AvgIpc) is 2.98. The summed E-state index contributed by atoms with van der Waals surface area (Å²) >= 11 is 6.64. The van der Waals surface area contributed by atoms with E-state index in [1.165, 1.54) is 0 Å². The van der Waals surface area contributed by atoms with Gasteiger partial charge in [-0.3, -0.25) is 14.6 Å². The lowest BCUT2D eigenvalue weighted by Gasteiger charge is -2.42. The Balaban J connectivity index is 1.53. The van der Waals surface area contributed by atoms with Crippen molar-refractivity contribution in [3.63, 3.8) is 0 Å². The van der Waals surface area contributed by atoms with Crippen LogP contribution in [-0.4, -0.2) is 50.0 Å². The van der Waals surface area contributed by atoms with E-state index in [0.29, 0.717) is 27.6 Å². The van der Waals surface area contributed by atoms with Crippen LogP contribution in [0, 0.1) is 0 Å². The second-order valence-corrected chi connectivity index (χ2v) is 10.6. The van der Waals surface area contributed by atoms with E-state index in [1.54, 1.807) is 49.3 Å². The first-order valence-corrected chi connectivity index (χ1v) is 13.4. The summed E-state index contributed by atoms with van der Waals surface area (Å²) in [5.74, 6) is 0.109. The molecule has 0 aliphatic carbocycles. The monoisotopic (exact) mass is 540 g/mol. The number of ketones is 1. The van der Waals surface area contributed by atoms with Crippen molar-refractivity contribution in [1.82, 2.24) is 10.3 Å². The summed E-state index contributed by atoms with van der Waals surface area (Å²) in [5, 5.41) is 4.86. The number of Topliss-reactive ketones (excluding diaryl/α,β-unsaturated/α-hetero) is 1. The first kappa shape index (κ1) is 25.3. The fraction of sp³-hybridized carbons (Fsp3) is 0.258. The molecule has 2 aliphatic rings. The smallest absolute Gasteiger partial charge is 0.245 e. The number of carbonyl (C=O) groups excluding carboxylic acids is 2. The zero-order valence-corrected chi connectivity index (χ0v) is 22.7. The van der Waals surface area contributed by atoms with Gasteiger partial charge in [-0.15, -0.1) is 0 Å². The highest BCUT2D eigenvalue weighted by atomic mass is 35.5. The lowest BCUT2D eigenvalue weighted by molar-refractivity contribution is -0.122. The molecule has 3 aromatic carbocycles. The predicted octanol–water partition coefficient (Wildman–Crippen LogP) is 4.99. The Morgan fingerprint density at radius 1 is 0.974 bits per heavy atom. The van der Waals surface area contributed by atoms with Crippen molar-refractivity contribution in [1.29, 1.82) is 0 Å². The van der Waals surface area contributed by atoms with Crippen molar-refractivity contribution in [3.8, 4) is 5.75 Å². The molecule has 7 nitrogen and oxygen atoms in total. The van der Waals surface area contributed by atoms with E-state index < -0.39 is 5.41 Å². The van der Waals surface area contributed by atoms with E-state index in [2.05, 4.69) is 10.2 Å². The number of ether oxygens (including phenoxy) is 1. The van der Waals surface area contributed by atoms with Crippen LogP contribution < -0.4 is 19.9 Å². The molecule has 6 rings (SSSR count). The van der Waals surface area contributed by atoms with Crippen LogP contribution in [0.3, 0.4) is 0 Å². The first-order chi connectivity index (χ1) is 18.9. The number of halogens is 1. The molecule has 0 saturated carbocycles. The Labute approximate surface area is 232 Å². The van der Waals surface area contributed by atoms with Crippen molar-refractivity contribution in [2.75, 3.05) is 43.1 Å². The fourth-order valence-corrected chi connectivity index (χ4v) is 5.81. The van der Waals surface area contributed by atoms with E-state index in [0.717, 1.165) is 48.5 Å². The molecule has 1 unspecified atom stereocenters. The van der Waals surface area contributed by atoms with Crippen molar-refractivity contribution < 1.29 is 14.3 Å². The molecule has 1 N–H and O–H groups in total. The summed E-state index contributed by atoms with van der Waals surface area (Å²) in [6.45, 7) is 5.00. The van der Waals surface area contributed by atoms with Crippen LogP contribution in [0.2, 0.25) is 5.02 Å². The fourth-order valence-electron chi connectivity index (χ4n) is 5.60. The zero-order valence-electron chi connectivity index (χ0n) is 21.9. The summed E-state index contributed by atoms with van der Waals surface area (Å²) in [6, 6.07) is 22.5. The maximum atomic E-state index is 14.5. The van der Waals surface area contributed by atoms with Gasteiger partial charge in [-0.2, -0.15) is 0 Å². The lowest BCUT2D eigenvalue weighted by Crippen LogP contribution is -2.55. The van der Waals surface area contributed by atoms with E-state index in [1.807, 2.05) is 42.5 Å². The van der Waals surface area contributed by atoms with Gasteiger partial charge in [-0.25, -0.2) is 0 Å². The maximum Gasteiger partial charge on any atom is 0.245 e. The van der Waals surface area contributed by atoms with Crippen LogP contribution >= 0.6 is 11.6 Å². The van der Waals surface area contributed by atoms with E-state index in [9.17, 15) is 9.59 Å². The van der Waals surface area contributed by atoms with Gasteiger partial charge < -0.3 is 19.9 Å². The highest BCUT2D eigenvalue weighted by Crippen LogP contribution is 2.46. The molecule has 0 spiro atoms. The van der Waals surface area contributed by atoms with Crippen LogP contribution in [0.5, 0.6) is 5.75 Å². The van der Waals surface area contributed by atoms with Crippen molar-refractivity contribution >= 4 is 45.6 Å². The Bertz CT molecular complexity index is 1580. The largest absolute Gasteiger partial charge is 0.497 e. The van der Waals surface area contributed by atoms with Gasteiger partial charge in [0.2, 0.25) is 5.91 Å². The van der Waals surface area contributed by atoms with Gasteiger partial charge in [-0.05, 0) is 48.9 Å². The van der Waals surface area contributed by atoms with Gasteiger partial charge in [0.15, 0.2) is 5.78 Å².